The van der Waals surface area contributed by atoms with Crippen molar-refractivity contribution < 1.29 is 13.2 Å². The first-order valence-electron chi connectivity index (χ1n) is 10.3. The number of fused-ring (bicyclic) bond motifs is 1. The lowest BCUT2D eigenvalue weighted by Crippen LogP contribution is -2.35. The van der Waals surface area contributed by atoms with Gasteiger partial charge in [0.15, 0.2) is 0 Å². The zero-order valence-corrected chi connectivity index (χ0v) is 18.5. The first-order chi connectivity index (χ1) is 15.4. The van der Waals surface area contributed by atoms with Gasteiger partial charge >= 0.3 is 0 Å². The first-order valence-corrected chi connectivity index (χ1v) is 11.7. The van der Waals surface area contributed by atoms with Gasteiger partial charge in [-0.25, -0.2) is 8.42 Å². The van der Waals surface area contributed by atoms with Crippen molar-refractivity contribution in [1.82, 2.24) is 4.31 Å². The minimum Gasteiger partial charge on any atom is -0.325 e. The Hall–Kier alpha value is -3.48. The molecule has 0 aliphatic carbocycles. The molecule has 0 spiro atoms. The van der Waals surface area contributed by atoms with Crippen LogP contribution in [-0.2, 0) is 21.2 Å². The lowest BCUT2D eigenvalue weighted by atomic mass is 10.0. The molecule has 0 aliphatic heterocycles. The molecule has 32 heavy (non-hydrogen) atoms. The second-order valence-corrected chi connectivity index (χ2v) is 9.68. The number of benzene rings is 4. The molecule has 4 aromatic rings. The van der Waals surface area contributed by atoms with Crippen molar-refractivity contribution in [3.8, 4) is 0 Å². The van der Waals surface area contributed by atoms with Gasteiger partial charge in [-0.1, -0.05) is 78.9 Å². The van der Waals surface area contributed by atoms with Gasteiger partial charge in [0.2, 0.25) is 15.9 Å². The van der Waals surface area contributed by atoms with Crippen LogP contribution in [0.4, 0.5) is 5.69 Å². The topological polar surface area (TPSA) is 66.5 Å². The molecule has 0 saturated heterocycles. The molecule has 0 saturated carbocycles. The fraction of sp³-hybridized carbons (Fsp3) is 0.115. The highest BCUT2D eigenvalue weighted by Crippen LogP contribution is 2.22. The molecule has 6 heteroatoms. The summed E-state index contributed by atoms with van der Waals surface area (Å²) >= 11 is 0. The van der Waals surface area contributed by atoms with Crippen LogP contribution in [-0.4, -0.2) is 32.2 Å². The molecular formula is C26H24N2O3S. The van der Waals surface area contributed by atoms with Gasteiger partial charge in [0.05, 0.1) is 11.4 Å². The number of anilines is 1. The molecule has 0 heterocycles. The number of para-hydroxylation sites is 1. The van der Waals surface area contributed by atoms with Crippen molar-refractivity contribution in [3.05, 3.63) is 108 Å². The highest BCUT2D eigenvalue weighted by Gasteiger charge is 2.23. The molecule has 0 aliphatic rings. The molecule has 4 rings (SSSR count). The summed E-state index contributed by atoms with van der Waals surface area (Å²) in [6, 6.07) is 30.1. The third-order valence-electron chi connectivity index (χ3n) is 5.32. The zero-order valence-electron chi connectivity index (χ0n) is 17.7. The number of hydrogen-bond donors (Lipinski definition) is 1. The second-order valence-electron chi connectivity index (χ2n) is 7.64. The van der Waals surface area contributed by atoms with Crippen molar-refractivity contribution >= 4 is 32.4 Å². The molecule has 1 N–H and O–H groups in total. The molecule has 0 unspecified atom stereocenters. The maximum atomic E-state index is 13.0. The van der Waals surface area contributed by atoms with Crippen LogP contribution in [0.2, 0.25) is 0 Å². The van der Waals surface area contributed by atoms with E-state index >= 15 is 0 Å². The van der Waals surface area contributed by atoms with E-state index in [1.807, 2.05) is 78.9 Å². The van der Waals surface area contributed by atoms with Crippen molar-refractivity contribution in [3.63, 3.8) is 0 Å². The molecule has 0 radical (unpaired) electrons. The number of sulfonamides is 1. The maximum absolute atomic E-state index is 13.0. The molecule has 162 valence electrons. The third-order valence-corrected chi connectivity index (χ3v) is 7.12. The van der Waals surface area contributed by atoms with Gasteiger partial charge in [-0.2, -0.15) is 4.31 Å². The van der Waals surface area contributed by atoms with E-state index in [0.717, 1.165) is 26.2 Å². The summed E-state index contributed by atoms with van der Waals surface area (Å²) in [6.45, 7) is -0.283. The van der Waals surface area contributed by atoms with Gasteiger partial charge in [-0.3, -0.25) is 4.79 Å². The number of rotatable bonds is 7. The molecule has 0 aromatic heterocycles. The van der Waals surface area contributed by atoms with Crippen LogP contribution in [0.5, 0.6) is 0 Å². The van der Waals surface area contributed by atoms with Crippen LogP contribution >= 0.6 is 0 Å². The van der Waals surface area contributed by atoms with Crippen molar-refractivity contribution in [2.45, 2.75) is 11.3 Å². The molecule has 1 amide bonds. The van der Waals surface area contributed by atoms with E-state index in [1.54, 1.807) is 18.2 Å². The van der Waals surface area contributed by atoms with Gasteiger partial charge in [0.1, 0.15) is 0 Å². The summed E-state index contributed by atoms with van der Waals surface area (Å²) < 4.78 is 27.1. The summed E-state index contributed by atoms with van der Waals surface area (Å²) in [7, 11) is -2.39. The monoisotopic (exact) mass is 444 g/mol. The first kappa shape index (κ1) is 21.7. The third kappa shape index (κ3) is 4.88. The highest BCUT2D eigenvalue weighted by molar-refractivity contribution is 7.89. The minimum atomic E-state index is -3.80. The van der Waals surface area contributed by atoms with Crippen molar-refractivity contribution in [1.29, 1.82) is 0 Å². The van der Waals surface area contributed by atoms with Crippen LogP contribution in [0.25, 0.3) is 10.8 Å². The molecule has 4 aromatic carbocycles. The van der Waals surface area contributed by atoms with E-state index in [9.17, 15) is 13.2 Å². The average Bonchev–Trinajstić information content (AvgIpc) is 2.80. The second kappa shape index (κ2) is 9.34. The standard InChI is InChI=1S/C26H24N2O3S/c1-28(32(30,31)24-16-15-21-11-5-6-12-22(21)18-24)19-26(29)27-25-14-8-7-13-23(25)17-20-9-3-2-4-10-20/h2-16,18H,17,19H2,1H3,(H,27,29). The molecule has 0 atom stereocenters. The lowest BCUT2D eigenvalue weighted by Gasteiger charge is -2.18. The summed E-state index contributed by atoms with van der Waals surface area (Å²) in [5.74, 6) is -0.391. The van der Waals surface area contributed by atoms with E-state index in [-0.39, 0.29) is 11.4 Å². The molecule has 0 bridgehead atoms. The van der Waals surface area contributed by atoms with Gasteiger partial charge in [0, 0.05) is 12.7 Å². The van der Waals surface area contributed by atoms with Crippen LogP contribution in [0.1, 0.15) is 11.1 Å². The molecule has 0 fully saturated rings. The van der Waals surface area contributed by atoms with E-state index in [4.69, 9.17) is 0 Å². The van der Waals surface area contributed by atoms with Crippen LogP contribution < -0.4 is 5.32 Å². The van der Waals surface area contributed by atoms with Crippen LogP contribution in [0, 0.1) is 0 Å². The molecular weight excluding hydrogens is 420 g/mol. The van der Waals surface area contributed by atoms with Gasteiger partial charge in [-0.15, -0.1) is 0 Å². The smallest absolute Gasteiger partial charge is 0.243 e. The number of nitrogens with one attached hydrogen (secondary N) is 1. The van der Waals surface area contributed by atoms with E-state index in [2.05, 4.69) is 5.32 Å². The lowest BCUT2D eigenvalue weighted by molar-refractivity contribution is -0.116. The van der Waals surface area contributed by atoms with Crippen molar-refractivity contribution in [2.24, 2.45) is 0 Å². The Morgan fingerprint density at radius 3 is 2.25 bits per heavy atom. The number of likely N-dealkylation sites (N-methyl/N-ethyl adjacent to an activating group) is 1. The zero-order chi connectivity index (χ0) is 22.6. The fourth-order valence-corrected chi connectivity index (χ4v) is 4.76. The Morgan fingerprint density at radius 2 is 1.47 bits per heavy atom. The average molecular weight is 445 g/mol. The number of nitrogens with zero attached hydrogens (tertiary/aromatic N) is 1. The summed E-state index contributed by atoms with van der Waals surface area (Å²) in [5.41, 5.74) is 2.77. The van der Waals surface area contributed by atoms with E-state index in [0.29, 0.717) is 12.1 Å². The number of carbonyl (C=O) groups excluding carboxylic acids is 1. The normalized spacial score (nSPS) is 11.6. The Morgan fingerprint density at radius 1 is 0.812 bits per heavy atom. The summed E-state index contributed by atoms with van der Waals surface area (Å²) in [6.07, 6.45) is 0.669. The SMILES string of the molecule is CN(CC(=O)Nc1ccccc1Cc1ccccc1)S(=O)(=O)c1ccc2ccccc2c1. The van der Waals surface area contributed by atoms with Gasteiger partial charge in [-0.05, 0) is 46.5 Å². The number of hydrogen-bond acceptors (Lipinski definition) is 3. The maximum Gasteiger partial charge on any atom is 0.243 e. The quantitative estimate of drug-likeness (QED) is 0.450. The number of carbonyl (C=O) groups is 1. The summed E-state index contributed by atoms with van der Waals surface area (Å²) in [4.78, 5) is 12.9. The van der Waals surface area contributed by atoms with Gasteiger partial charge in [0.25, 0.3) is 0 Å². The van der Waals surface area contributed by atoms with E-state index < -0.39 is 15.9 Å². The van der Waals surface area contributed by atoms with Crippen LogP contribution in [0.3, 0.4) is 0 Å². The number of amides is 1. The summed E-state index contributed by atoms with van der Waals surface area (Å²) in [5, 5.41) is 4.66. The van der Waals surface area contributed by atoms with Crippen molar-refractivity contribution in [2.75, 3.05) is 18.9 Å². The Bertz CT molecular complexity index is 1350. The predicted octanol–water partition coefficient (Wildman–Crippen LogP) is 4.69. The molecule has 5 nitrogen and oxygen atoms in total. The Kier molecular flexibility index (Phi) is 6.35. The van der Waals surface area contributed by atoms with Gasteiger partial charge < -0.3 is 5.32 Å². The Balaban J connectivity index is 1.48. The highest BCUT2D eigenvalue weighted by atomic mass is 32.2. The fourth-order valence-electron chi connectivity index (χ4n) is 3.60. The Labute approximate surface area is 188 Å². The predicted molar refractivity (Wildman–Crippen MR) is 128 cm³/mol. The van der Waals surface area contributed by atoms with E-state index in [1.165, 1.54) is 7.05 Å². The van der Waals surface area contributed by atoms with Crippen LogP contribution in [0.15, 0.2) is 102 Å². The minimum absolute atomic E-state index is 0.163. The largest absolute Gasteiger partial charge is 0.325 e.